The lowest BCUT2D eigenvalue weighted by atomic mass is 9.77. The van der Waals surface area contributed by atoms with E-state index in [-0.39, 0.29) is 5.04 Å². The third-order valence-electron chi connectivity index (χ3n) is 8.79. The second-order valence-electron chi connectivity index (χ2n) is 12.4. The van der Waals surface area contributed by atoms with E-state index >= 15 is 0 Å². The van der Waals surface area contributed by atoms with Crippen molar-refractivity contribution < 1.29 is 4.43 Å². The van der Waals surface area contributed by atoms with Crippen LogP contribution in [0, 0.1) is 17.8 Å². The summed E-state index contributed by atoms with van der Waals surface area (Å²) in [7, 11) is -1.74. The van der Waals surface area contributed by atoms with Gasteiger partial charge in [-0.2, -0.15) is 0 Å². The Balaban J connectivity index is 1.61. The number of unbranched alkanes of at least 4 members (excludes halogenated alkanes) is 2. The van der Waals surface area contributed by atoms with Gasteiger partial charge in [0, 0.05) is 5.56 Å². The summed E-state index contributed by atoms with van der Waals surface area (Å²) in [4.78, 5) is 0. The minimum absolute atomic E-state index is 0.217. The molecule has 0 aromatic heterocycles. The first-order valence-electron chi connectivity index (χ1n) is 14.5. The standard InChI is InChI=1S/C34H50OSi/c1-8-10-11-13-27-15-18-30(19-16-27)31-20-22-32(23-21-31)33-24-17-28(26-29(33)9-2)14-12-25-35-36(6,7)34(3,4)5/h17,20-24,26-27,30H,8-11,13,15-16,18-19,25H2,1-7H3. The topological polar surface area (TPSA) is 9.23 Å². The van der Waals surface area contributed by atoms with Crippen molar-refractivity contribution in [2.75, 3.05) is 6.61 Å². The highest BCUT2D eigenvalue weighted by Gasteiger charge is 2.36. The van der Waals surface area contributed by atoms with Gasteiger partial charge in [-0.25, -0.2) is 0 Å². The second kappa shape index (κ2) is 13.1. The van der Waals surface area contributed by atoms with E-state index in [1.165, 1.54) is 73.6 Å². The molecule has 1 aliphatic carbocycles. The van der Waals surface area contributed by atoms with Gasteiger partial charge < -0.3 is 4.43 Å². The zero-order chi connectivity index (χ0) is 26.2. The van der Waals surface area contributed by atoms with Gasteiger partial charge >= 0.3 is 0 Å². The minimum atomic E-state index is -1.74. The summed E-state index contributed by atoms with van der Waals surface area (Å²) < 4.78 is 6.22. The molecule has 0 radical (unpaired) electrons. The Morgan fingerprint density at radius 2 is 1.61 bits per heavy atom. The number of benzene rings is 2. The Morgan fingerprint density at radius 1 is 0.917 bits per heavy atom. The van der Waals surface area contributed by atoms with Crippen molar-refractivity contribution in [3.8, 4) is 23.0 Å². The van der Waals surface area contributed by atoms with Crippen LogP contribution in [0.1, 0.15) is 109 Å². The fraction of sp³-hybridized carbons (Fsp3) is 0.588. The van der Waals surface area contributed by atoms with E-state index < -0.39 is 8.32 Å². The molecule has 2 aromatic rings. The van der Waals surface area contributed by atoms with Crippen molar-refractivity contribution in [1.29, 1.82) is 0 Å². The summed E-state index contributed by atoms with van der Waals surface area (Å²) in [6.45, 7) is 16.4. The molecule has 0 spiro atoms. The molecule has 196 valence electrons. The maximum Gasteiger partial charge on any atom is 0.193 e. The number of hydrogen-bond acceptors (Lipinski definition) is 1. The molecule has 3 rings (SSSR count). The van der Waals surface area contributed by atoms with Crippen molar-refractivity contribution in [2.45, 2.75) is 116 Å². The smallest absolute Gasteiger partial charge is 0.193 e. The normalized spacial score (nSPS) is 18.5. The largest absolute Gasteiger partial charge is 0.406 e. The SMILES string of the molecule is CCCCCC1CCC(c2ccc(-c3ccc(C#CCO[Si](C)(C)C(C)(C)C)cc3CC)cc2)CC1. The van der Waals surface area contributed by atoms with Crippen molar-refractivity contribution in [1.82, 2.24) is 0 Å². The van der Waals surface area contributed by atoms with Crippen LogP contribution in [0.4, 0.5) is 0 Å². The van der Waals surface area contributed by atoms with Crippen LogP contribution >= 0.6 is 0 Å². The lowest BCUT2D eigenvalue weighted by Crippen LogP contribution is -2.40. The monoisotopic (exact) mass is 502 g/mol. The van der Waals surface area contributed by atoms with Gasteiger partial charge in [0.05, 0.1) is 6.61 Å². The predicted octanol–water partition coefficient (Wildman–Crippen LogP) is 10.1. The van der Waals surface area contributed by atoms with Crippen molar-refractivity contribution >= 4 is 8.32 Å². The first-order valence-corrected chi connectivity index (χ1v) is 17.4. The van der Waals surface area contributed by atoms with Gasteiger partial charge in [-0.3, -0.25) is 0 Å². The molecule has 2 heteroatoms. The Kier molecular flexibility index (Phi) is 10.5. The molecule has 2 aromatic carbocycles. The third kappa shape index (κ3) is 7.84. The van der Waals surface area contributed by atoms with Crippen LogP contribution in [0.5, 0.6) is 0 Å². The molecule has 1 saturated carbocycles. The summed E-state index contributed by atoms with van der Waals surface area (Å²) in [5.74, 6) is 8.32. The number of aryl methyl sites for hydroxylation is 1. The molecule has 0 bridgehead atoms. The molecule has 1 aliphatic rings. The van der Waals surface area contributed by atoms with Crippen molar-refractivity contribution in [3.63, 3.8) is 0 Å². The Labute approximate surface area is 223 Å². The van der Waals surface area contributed by atoms with Crippen LogP contribution in [0.2, 0.25) is 18.1 Å². The fourth-order valence-corrected chi connectivity index (χ4v) is 6.09. The zero-order valence-corrected chi connectivity index (χ0v) is 25.2. The van der Waals surface area contributed by atoms with Gasteiger partial charge in [0.1, 0.15) is 0 Å². The lowest BCUT2D eigenvalue weighted by molar-refractivity contribution is 0.303. The summed E-state index contributed by atoms with van der Waals surface area (Å²) >= 11 is 0. The van der Waals surface area contributed by atoms with Crippen LogP contribution in [-0.2, 0) is 10.8 Å². The molecule has 0 unspecified atom stereocenters. The summed E-state index contributed by atoms with van der Waals surface area (Å²) in [6.07, 6.45) is 12.2. The molecular weight excluding hydrogens is 452 g/mol. The van der Waals surface area contributed by atoms with Crippen molar-refractivity contribution in [3.05, 3.63) is 59.2 Å². The second-order valence-corrected chi connectivity index (χ2v) is 17.2. The molecule has 1 nitrogen and oxygen atoms in total. The molecule has 0 atom stereocenters. The van der Waals surface area contributed by atoms with Gasteiger partial charge in [0.2, 0.25) is 0 Å². The number of rotatable bonds is 9. The van der Waals surface area contributed by atoms with E-state index in [0.29, 0.717) is 6.61 Å². The average molecular weight is 503 g/mol. The molecule has 0 N–H and O–H groups in total. The van der Waals surface area contributed by atoms with Crippen molar-refractivity contribution in [2.24, 2.45) is 5.92 Å². The molecule has 0 aliphatic heterocycles. The Hall–Kier alpha value is -1.82. The van der Waals surface area contributed by atoms with E-state index in [4.69, 9.17) is 4.43 Å². The lowest BCUT2D eigenvalue weighted by Gasteiger charge is -2.35. The maximum atomic E-state index is 6.22. The van der Waals surface area contributed by atoms with Crippen LogP contribution < -0.4 is 0 Å². The summed E-state index contributed by atoms with van der Waals surface area (Å²) in [6, 6.07) is 16.2. The Morgan fingerprint density at radius 3 is 2.22 bits per heavy atom. The summed E-state index contributed by atoms with van der Waals surface area (Å²) in [5, 5.41) is 0.217. The molecule has 0 saturated heterocycles. The van der Waals surface area contributed by atoms with E-state index in [1.54, 1.807) is 0 Å². The highest BCUT2D eigenvalue weighted by molar-refractivity contribution is 6.74. The van der Waals surface area contributed by atoms with Gasteiger partial charge in [-0.15, -0.1) is 0 Å². The highest BCUT2D eigenvalue weighted by atomic mass is 28.4. The van der Waals surface area contributed by atoms with E-state index in [9.17, 15) is 0 Å². The van der Waals surface area contributed by atoms with E-state index in [1.807, 2.05) is 0 Å². The summed E-state index contributed by atoms with van der Waals surface area (Å²) in [5.41, 5.74) is 6.65. The van der Waals surface area contributed by atoms with Gasteiger partial charge in [-0.05, 0) is 96.5 Å². The number of hydrogen-bond donors (Lipinski definition) is 0. The maximum absolute atomic E-state index is 6.22. The van der Waals surface area contributed by atoms with Gasteiger partial charge in [-0.1, -0.05) is 102 Å². The molecule has 36 heavy (non-hydrogen) atoms. The van der Waals surface area contributed by atoms with Crippen LogP contribution in [-0.4, -0.2) is 14.9 Å². The Bertz CT molecular complexity index is 1010. The minimum Gasteiger partial charge on any atom is -0.406 e. The molecule has 0 heterocycles. The zero-order valence-electron chi connectivity index (χ0n) is 24.2. The van der Waals surface area contributed by atoms with E-state index in [2.05, 4.69) is 102 Å². The first-order chi connectivity index (χ1) is 17.1. The highest BCUT2D eigenvalue weighted by Crippen LogP contribution is 2.39. The molecule has 1 fully saturated rings. The van der Waals surface area contributed by atoms with Crippen LogP contribution in [0.15, 0.2) is 42.5 Å². The van der Waals surface area contributed by atoms with Crippen LogP contribution in [0.3, 0.4) is 0 Å². The average Bonchev–Trinajstić information content (AvgIpc) is 2.86. The van der Waals surface area contributed by atoms with Gasteiger partial charge in [0.15, 0.2) is 8.32 Å². The predicted molar refractivity (Wildman–Crippen MR) is 160 cm³/mol. The van der Waals surface area contributed by atoms with Crippen LogP contribution in [0.25, 0.3) is 11.1 Å². The quantitative estimate of drug-likeness (QED) is 0.188. The fourth-order valence-electron chi connectivity index (χ4n) is 5.22. The van der Waals surface area contributed by atoms with E-state index in [0.717, 1.165) is 23.8 Å². The first kappa shape index (κ1) is 28.7. The molecule has 0 amide bonds. The molecular formula is C34H50OSi. The third-order valence-corrected chi connectivity index (χ3v) is 13.3. The van der Waals surface area contributed by atoms with Gasteiger partial charge in [0.25, 0.3) is 0 Å².